The Balaban J connectivity index is 1.13. The predicted octanol–water partition coefficient (Wildman–Crippen LogP) is 4.93. The molecule has 6 heteroatoms. The van der Waals surface area contributed by atoms with Gasteiger partial charge in [-0.15, -0.1) is 0 Å². The molecule has 2 atom stereocenters. The average Bonchev–Trinajstić information content (AvgIpc) is 3.35. The molecule has 3 aliphatic rings. The molecule has 1 aliphatic carbocycles. The van der Waals surface area contributed by atoms with Crippen LogP contribution < -0.4 is 9.47 Å². The number of hydrogen-bond acceptors (Lipinski definition) is 6. The SMILES string of the molecule is CCOC(=O)c1ccc(CN2CCC(CC3C4OC3c3cc(OC)c(OC)cc34)CC2)cc1. The zero-order chi connectivity index (χ0) is 22.9. The van der Waals surface area contributed by atoms with Gasteiger partial charge in [0.1, 0.15) is 0 Å². The molecule has 33 heavy (non-hydrogen) atoms. The lowest BCUT2D eigenvalue weighted by molar-refractivity contribution is -0.175. The molecule has 2 bridgehead atoms. The molecule has 2 unspecified atom stereocenters. The topological polar surface area (TPSA) is 57.2 Å². The standard InChI is InChI=1S/C27H33NO5/c1-4-32-27(29)19-7-5-18(6-8-19)16-28-11-9-17(10-12-28)13-22-25-20-14-23(30-2)24(31-3)15-21(20)26(22)33-25/h5-8,14-15,17,22,25-26H,4,9-13,16H2,1-3H3. The zero-order valence-electron chi connectivity index (χ0n) is 19.7. The minimum atomic E-state index is -0.252. The van der Waals surface area contributed by atoms with E-state index in [2.05, 4.69) is 17.0 Å². The van der Waals surface area contributed by atoms with Gasteiger partial charge in [0.15, 0.2) is 11.5 Å². The summed E-state index contributed by atoms with van der Waals surface area (Å²) < 4.78 is 22.2. The fourth-order valence-corrected chi connectivity index (χ4v) is 5.67. The number of rotatable bonds is 8. The van der Waals surface area contributed by atoms with Crippen molar-refractivity contribution in [3.8, 4) is 11.5 Å². The van der Waals surface area contributed by atoms with Gasteiger partial charge < -0.3 is 18.9 Å². The van der Waals surface area contributed by atoms with Gasteiger partial charge in [0.2, 0.25) is 0 Å². The molecule has 0 amide bonds. The Bertz CT molecular complexity index is 959. The molecule has 0 aromatic heterocycles. The number of carbonyl (C=O) groups is 1. The van der Waals surface area contributed by atoms with Crippen molar-refractivity contribution in [2.75, 3.05) is 33.9 Å². The monoisotopic (exact) mass is 451 g/mol. The first-order valence-electron chi connectivity index (χ1n) is 12.0. The van der Waals surface area contributed by atoms with Gasteiger partial charge in [-0.25, -0.2) is 4.79 Å². The second-order valence-electron chi connectivity index (χ2n) is 9.35. The van der Waals surface area contributed by atoms with Crippen LogP contribution in [0.15, 0.2) is 36.4 Å². The number of ether oxygens (including phenoxy) is 4. The second-order valence-corrected chi connectivity index (χ2v) is 9.35. The molecule has 2 aromatic carbocycles. The molecular formula is C27H33NO5. The van der Waals surface area contributed by atoms with Crippen molar-refractivity contribution in [1.29, 1.82) is 0 Å². The van der Waals surface area contributed by atoms with Crippen LogP contribution in [0, 0.1) is 11.8 Å². The smallest absolute Gasteiger partial charge is 0.338 e. The molecule has 0 spiro atoms. The molecule has 5 rings (SSSR count). The van der Waals surface area contributed by atoms with Gasteiger partial charge in [0.05, 0.1) is 38.6 Å². The first-order valence-corrected chi connectivity index (χ1v) is 12.0. The number of methoxy groups -OCH3 is 2. The van der Waals surface area contributed by atoms with Crippen molar-refractivity contribution in [3.63, 3.8) is 0 Å². The van der Waals surface area contributed by atoms with Gasteiger partial charge in [-0.3, -0.25) is 4.90 Å². The minimum absolute atomic E-state index is 0.209. The molecule has 2 aliphatic heterocycles. The number of hydrogen-bond donors (Lipinski definition) is 0. The Morgan fingerprint density at radius 2 is 1.61 bits per heavy atom. The number of likely N-dealkylation sites (tertiary alicyclic amines) is 1. The van der Waals surface area contributed by atoms with E-state index >= 15 is 0 Å². The summed E-state index contributed by atoms with van der Waals surface area (Å²) in [6.07, 6.45) is 4.08. The lowest BCUT2D eigenvalue weighted by Crippen LogP contribution is -2.36. The Morgan fingerprint density at radius 3 is 2.15 bits per heavy atom. The average molecular weight is 452 g/mol. The maximum Gasteiger partial charge on any atom is 0.338 e. The number of fused-ring (bicyclic) bond motifs is 5. The molecule has 0 radical (unpaired) electrons. The van der Waals surface area contributed by atoms with Crippen LogP contribution in [0.1, 0.15) is 65.4 Å². The summed E-state index contributed by atoms with van der Waals surface area (Å²) in [5.74, 6) is 2.63. The van der Waals surface area contributed by atoms with Gasteiger partial charge in [-0.05, 0) is 86.1 Å². The molecule has 176 valence electrons. The van der Waals surface area contributed by atoms with Gasteiger partial charge in [-0.2, -0.15) is 0 Å². The molecule has 2 saturated heterocycles. The largest absolute Gasteiger partial charge is 0.493 e. The Hall–Kier alpha value is -2.57. The zero-order valence-corrected chi connectivity index (χ0v) is 19.7. The van der Waals surface area contributed by atoms with E-state index < -0.39 is 0 Å². The van der Waals surface area contributed by atoms with Crippen molar-refractivity contribution in [3.05, 3.63) is 58.7 Å². The summed E-state index contributed by atoms with van der Waals surface area (Å²) in [6, 6.07) is 12.0. The quantitative estimate of drug-likeness (QED) is 0.531. The first kappa shape index (κ1) is 22.2. The van der Waals surface area contributed by atoms with Crippen LogP contribution in [-0.4, -0.2) is 44.8 Å². The number of nitrogens with zero attached hydrogens (tertiary/aromatic N) is 1. The van der Waals surface area contributed by atoms with Crippen LogP contribution in [0.2, 0.25) is 0 Å². The van der Waals surface area contributed by atoms with E-state index in [9.17, 15) is 4.79 Å². The Labute approximate surface area is 195 Å². The molecule has 2 fully saturated rings. The summed E-state index contributed by atoms with van der Waals surface area (Å²) in [7, 11) is 3.37. The van der Waals surface area contributed by atoms with E-state index in [0.29, 0.717) is 18.1 Å². The fraction of sp³-hybridized carbons (Fsp3) is 0.519. The van der Waals surface area contributed by atoms with E-state index in [1.54, 1.807) is 14.2 Å². The lowest BCUT2D eigenvalue weighted by Gasteiger charge is -2.41. The third-order valence-electron chi connectivity index (χ3n) is 7.46. The second kappa shape index (κ2) is 9.35. The van der Waals surface area contributed by atoms with Crippen LogP contribution in [0.4, 0.5) is 0 Å². The molecule has 0 N–H and O–H groups in total. The van der Waals surface area contributed by atoms with E-state index in [1.807, 2.05) is 31.2 Å². The van der Waals surface area contributed by atoms with Crippen LogP contribution >= 0.6 is 0 Å². The number of piperidine rings is 1. The van der Waals surface area contributed by atoms with Crippen LogP contribution in [0.3, 0.4) is 0 Å². The maximum atomic E-state index is 11.8. The summed E-state index contributed by atoms with van der Waals surface area (Å²) in [6.45, 7) is 5.38. The van der Waals surface area contributed by atoms with Gasteiger partial charge in [0.25, 0.3) is 0 Å². The van der Waals surface area contributed by atoms with Crippen molar-refractivity contribution < 1.29 is 23.7 Å². The third-order valence-corrected chi connectivity index (χ3v) is 7.46. The highest BCUT2D eigenvalue weighted by Crippen LogP contribution is 2.63. The fourth-order valence-electron chi connectivity index (χ4n) is 5.67. The Kier molecular flexibility index (Phi) is 6.30. The van der Waals surface area contributed by atoms with E-state index in [-0.39, 0.29) is 18.2 Å². The summed E-state index contributed by atoms with van der Waals surface area (Å²) >= 11 is 0. The van der Waals surface area contributed by atoms with Gasteiger partial charge in [0, 0.05) is 12.5 Å². The van der Waals surface area contributed by atoms with Crippen molar-refractivity contribution in [2.24, 2.45) is 11.8 Å². The summed E-state index contributed by atoms with van der Waals surface area (Å²) in [5, 5.41) is 0. The highest BCUT2D eigenvalue weighted by Gasteiger charge is 2.53. The lowest BCUT2D eigenvalue weighted by atomic mass is 9.81. The summed E-state index contributed by atoms with van der Waals surface area (Å²) in [5.41, 5.74) is 4.43. The minimum Gasteiger partial charge on any atom is -0.493 e. The number of benzene rings is 2. The van der Waals surface area contributed by atoms with Gasteiger partial charge >= 0.3 is 5.97 Å². The molecule has 0 saturated carbocycles. The van der Waals surface area contributed by atoms with Gasteiger partial charge in [-0.1, -0.05) is 12.1 Å². The first-order chi connectivity index (χ1) is 16.1. The predicted molar refractivity (Wildman–Crippen MR) is 125 cm³/mol. The highest BCUT2D eigenvalue weighted by molar-refractivity contribution is 5.89. The summed E-state index contributed by atoms with van der Waals surface area (Å²) in [4.78, 5) is 14.4. The van der Waals surface area contributed by atoms with Crippen molar-refractivity contribution in [2.45, 2.75) is 44.9 Å². The molecule has 2 aromatic rings. The Morgan fingerprint density at radius 1 is 1.00 bits per heavy atom. The van der Waals surface area contributed by atoms with Crippen molar-refractivity contribution >= 4 is 5.97 Å². The molecule has 2 heterocycles. The van der Waals surface area contributed by atoms with Crippen LogP contribution in [-0.2, 0) is 16.0 Å². The van der Waals surface area contributed by atoms with E-state index in [0.717, 1.165) is 37.1 Å². The normalized spacial score (nSPS) is 24.2. The number of carbonyl (C=O) groups excluding carboxylic acids is 1. The third kappa shape index (κ3) is 4.22. The number of esters is 1. The van der Waals surface area contributed by atoms with Crippen LogP contribution in [0.5, 0.6) is 11.5 Å². The van der Waals surface area contributed by atoms with Crippen LogP contribution in [0.25, 0.3) is 0 Å². The highest BCUT2D eigenvalue weighted by atomic mass is 16.5. The maximum absolute atomic E-state index is 11.8. The molecule has 6 nitrogen and oxygen atoms in total. The van der Waals surface area contributed by atoms with Crippen molar-refractivity contribution in [1.82, 2.24) is 4.90 Å². The van der Waals surface area contributed by atoms with E-state index in [4.69, 9.17) is 18.9 Å². The molecular weight excluding hydrogens is 418 g/mol. The van der Waals surface area contributed by atoms with E-state index in [1.165, 1.54) is 36.0 Å².